The van der Waals surface area contributed by atoms with Gasteiger partial charge in [-0.1, -0.05) is 72.8 Å². The van der Waals surface area contributed by atoms with Crippen LogP contribution in [0.1, 0.15) is 33.4 Å². The average Bonchev–Trinajstić information content (AvgIpc) is 0.840. The molecule has 0 saturated heterocycles. The number of carboxylic acids is 1. The van der Waals surface area contributed by atoms with Crippen molar-refractivity contribution in [1.82, 2.24) is 31.3 Å². The lowest BCUT2D eigenvalue weighted by Crippen LogP contribution is -2.60. The van der Waals surface area contributed by atoms with Gasteiger partial charge in [0.2, 0.25) is 29.5 Å². The predicted molar refractivity (Wildman–Crippen MR) is 340 cm³/mol. The van der Waals surface area contributed by atoms with E-state index in [0.29, 0.717) is 0 Å². The van der Waals surface area contributed by atoms with Gasteiger partial charge >= 0.3 is 78.7 Å². The maximum absolute atomic E-state index is 15.1. The number of rotatable bonds is 37. The van der Waals surface area contributed by atoms with Crippen molar-refractivity contribution >= 4 is 108 Å². The Balaban J connectivity index is 1.43. The number of carbonyl (C=O) groups is 6. The van der Waals surface area contributed by atoms with Crippen molar-refractivity contribution in [2.45, 2.75) is 74.8 Å². The second-order valence-electron chi connectivity index (χ2n) is 20.9. The molecule has 0 unspecified atom stereocenters. The van der Waals surface area contributed by atoms with Gasteiger partial charge in [-0.15, -0.1) is 0 Å². The Morgan fingerprint density at radius 1 is 0.257 bits per heavy atom. The van der Waals surface area contributed by atoms with Crippen molar-refractivity contribution in [3.63, 3.8) is 0 Å². The molecule has 101 heavy (non-hydrogen) atoms. The van der Waals surface area contributed by atoms with Crippen LogP contribution in [-0.4, -0.2) is 168 Å². The van der Waals surface area contributed by atoms with Crippen LogP contribution in [0, 0.1) is 0 Å². The third-order valence-electron chi connectivity index (χ3n) is 13.1. The Morgan fingerprint density at radius 2 is 0.406 bits per heavy atom. The Kier molecular flexibility index (Phi) is 26.7. The lowest BCUT2D eigenvalue weighted by atomic mass is 9.99. The van der Waals surface area contributed by atoms with Crippen LogP contribution in [-0.2, 0) is 140 Å². The molecular formula is C54H56N6O34S7. The number of carbonyl (C=O) groups excluding carboxylic acids is 5. The minimum atomic E-state index is -5.36. The molecule has 14 N–H and O–H groups in total. The minimum absolute atomic E-state index is 0.0104. The Bertz CT molecular complexity index is 4830. The van der Waals surface area contributed by atoms with Gasteiger partial charge in [-0.25, -0.2) is 4.79 Å². The molecule has 0 aliphatic heterocycles. The fourth-order valence-corrected chi connectivity index (χ4v) is 11.7. The Morgan fingerprint density at radius 3 is 0.564 bits per heavy atom. The van der Waals surface area contributed by atoms with Crippen molar-refractivity contribution in [3.8, 4) is 34.5 Å². The fourth-order valence-electron chi connectivity index (χ4n) is 9.00. The monoisotopic (exact) mass is 1560 g/mol. The van der Waals surface area contributed by atoms with Gasteiger partial charge in [-0.3, -0.25) is 55.8 Å². The number of hydrogen-bond donors (Lipinski definition) is 14. The maximum Gasteiger partial charge on any atom is 0.446 e. The van der Waals surface area contributed by atoms with Crippen LogP contribution in [0.25, 0.3) is 0 Å². The molecule has 0 aromatic heterocycles. The van der Waals surface area contributed by atoms with Gasteiger partial charge in [0.25, 0.3) is 0 Å². The molecule has 0 bridgehead atoms. The van der Waals surface area contributed by atoms with E-state index in [2.05, 4.69) is 51.7 Å². The normalized spacial score (nSPS) is 14.0. The molecular weight excluding hydrogens is 1500 g/mol. The topological polar surface area (TPSA) is 631 Å². The van der Waals surface area contributed by atoms with Crippen LogP contribution in [0.5, 0.6) is 34.5 Å². The number of aliphatic carboxylic acids is 1. The van der Waals surface area contributed by atoms with Crippen LogP contribution < -0.4 is 56.4 Å². The summed E-state index contributed by atoms with van der Waals surface area (Å²) >= 11 is 0. The van der Waals surface area contributed by atoms with Crippen molar-refractivity contribution in [1.29, 1.82) is 0 Å². The van der Waals surface area contributed by atoms with Gasteiger partial charge in [0.1, 0.15) is 70.7 Å². The highest BCUT2D eigenvalue weighted by molar-refractivity contribution is 7.84. The predicted octanol–water partition coefficient (Wildman–Crippen LogP) is -1.20. The lowest BCUT2D eigenvalue weighted by Gasteiger charge is -2.28. The van der Waals surface area contributed by atoms with Gasteiger partial charge < -0.3 is 56.8 Å². The number of amides is 5. The van der Waals surface area contributed by atoms with Gasteiger partial charge in [0.05, 0.1) is 0 Å². The first-order chi connectivity index (χ1) is 46.7. The molecule has 0 saturated carbocycles. The number of nitrogens with one attached hydrogen (secondary N) is 6. The van der Waals surface area contributed by atoms with E-state index in [9.17, 15) is 106 Å². The summed E-state index contributed by atoms with van der Waals surface area (Å²) in [7, 11) is -35.9. The summed E-state index contributed by atoms with van der Waals surface area (Å²) < 4.78 is 255. The third kappa shape index (κ3) is 29.9. The summed E-state index contributed by atoms with van der Waals surface area (Å²) in [6, 6.07) is 12.8. The van der Waals surface area contributed by atoms with E-state index in [1.54, 1.807) is 4.72 Å². The number of hydrogen-bond acceptors (Lipinski definition) is 26. The van der Waals surface area contributed by atoms with Crippen molar-refractivity contribution in [2.75, 3.05) is 0 Å². The fraction of sp³-hybridized carbons (Fsp3) is 0.222. The molecule has 0 heterocycles. The molecule has 6 atom stereocenters. The molecule has 548 valence electrons. The molecule has 6 aromatic carbocycles. The first kappa shape index (κ1) is 80.2. The van der Waals surface area contributed by atoms with E-state index in [-0.39, 0.29) is 33.4 Å². The summed E-state index contributed by atoms with van der Waals surface area (Å²) in [6.45, 7) is 0. The first-order valence-corrected chi connectivity index (χ1v) is 37.3. The highest BCUT2D eigenvalue weighted by Crippen LogP contribution is 2.23. The van der Waals surface area contributed by atoms with Crippen LogP contribution in [0.15, 0.2) is 146 Å². The SMILES string of the molecule is O=C(O)[C@H](Cc1ccc(OS(=O)(=O)O)cc1)NC(=O)[C@H](Cc1ccc(OS(=O)(=O)O)cc1)NC(=O)[C@H](Cc1ccc(OS(=O)(=O)O)cc1)NC(=O)[C@H](Cc1ccc(OS(=O)(=O)O)cc1)NC(=O)[C@H](Cc1ccc(OS(=O)(=O)O)cc1)NC(=O)[C@H](Cc1ccc(OS(=O)(=O)O)cc1)NS(=O)(=O)O. The molecule has 6 rings (SSSR count). The smallest absolute Gasteiger partial charge is 0.446 e. The van der Waals surface area contributed by atoms with Crippen LogP contribution in [0.3, 0.4) is 0 Å². The zero-order chi connectivity index (χ0) is 75.1. The lowest BCUT2D eigenvalue weighted by molar-refractivity contribution is -0.142. The van der Waals surface area contributed by atoms with Gasteiger partial charge in [0.15, 0.2) is 0 Å². The first-order valence-electron chi connectivity index (χ1n) is 27.7. The highest BCUT2D eigenvalue weighted by Gasteiger charge is 2.35. The molecule has 6 aromatic rings. The zero-order valence-corrected chi connectivity index (χ0v) is 56.3. The Hall–Kier alpha value is -9.73. The summed E-state index contributed by atoms with van der Waals surface area (Å²) in [6.07, 6.45) is -4.13. The maximum atomic E-state index is 15.1. The summed E-state index contributed by atoms with van der Waals surface area (Å²) in [5.74, 6) is -11.5. The van der Waals surface area contributed by atoms with Gasteiger partial charge in [-0.05, 0) is 113 Å². The van der Waals surface area contributed by atoms with Crippen LogP contribution in [0.4, 0.5) is 0 Å². The molecule has 0 aliphatic rings. The van der Waals surface area contributed by atoms with E-state index in [0.717, 1.165) is 146 Å². The molecule has 0 radical (unpaired) electrons. The second-order valence-corrected chi connectivity index (χ2v) is 28.3. The molecule has 40 nitrogen and oxygen atoms in total. The third-order valence-corrected chi connectivity index (χ3v) is 16.1. The van der Waals surface area contributed by atoms with Crippen molar-refractivity contribution in [3.05, 3.63) is 179 Å². The molecule has 47 heteroatoms. The minimum Gasteiger partial charge on any atom is -0.480 e. The number of carboxylic acid groups (broad SMARTS) is 1. The Labute approximate surface area is 574 Å². The van der Waals surface area contributed by atoms with Crippen molar-refractivity contribution in [2.24, 2.45) is 0 Å². The van der Waals surface area contributed by atoms with Crippen LogP contribution >= 0.6 is 0 Å². The largest absolute Gasteiger partial charge is 0.480 e. The molecule has 0 spiro atoms. The summed E-state index contributed by atoms with van der Waals surface area (Å²) in [4.78, 5) is 86.7. The summed E-state index contributed by atoms with van der Waals surface area (Å²) in [5.41, 5.74) is 0.0732. The van der Waals surface area contributed by atoms with Crippen molar-refractivity contribution < 1.29 is 150 Å². The standard InChI is InChI=1S/C54H56N6O34S7/c61-49(55-44(26-32-3-15-38(16-4-32)90-97(74,75)76)50(62)57-46(28-34-7-19-40(20-8-34)92-99(80,81)82)52(64)59-48(54(66)67)30-36-11-23-42(24-12-36)94-101(86,87)88)43(25-31-1-13-37(14-2-31)89-96(71,72)73)56-51(63)45(27-33-5-17-39(18-6-33)91-98(77,78)79)58-53(65)47(60-95(68,69)70)29-35-9-21-41(22-10-35)93-100(83,84)85/h1-24,43-48,60H,25-30H2,(H,55,61)(H,56,63)(H,57,62)(H,58,65)(H,59,64)(H,66,67)(H,68,69,70)(H,71,72,73)(H,74,75,76)(H,77,78,79)(H,80,81,82)(H,83,84,85)(H,86,87,88)/t43-,44-,45-,46-,47-,48-/m0/s1. The van der Waals surface area contributed by atoms with E-state index in [4.69, 9.17) is 9.11 Å². The van der Waals surface area contributed by atoms with Gasteiger partial charge in [0, 0.05) is 32.1 Å². The van der Waals surface area contributed by atoms with E-state index in [1.165, 1.54) is 0 Å². The van der Waals surface area contributed by atoms with Crippen LogP contribution in [0.2, 0.25) is 0 Å². The van der Waals surface area contributed by atoms with E-state index in [1.807, 2.05) is 0 Å². The quantitative estimate of drug-likeness (QED) is 0.0204. The average molecular weight is 1560 g/mol. The molecule has 0 fully saturated rings. The zero-order valence-electron chi connectivity index (χ0n) is 50.6. The van der Waals surface area contributed by atoms with E-state index >= 15 is 9.59 Å². The summed E-state index contributed by atoms with van der Waals surface area (Å²) in [5, 5.41) is 21.9. The number of benzene rings is 6. The molecule has 5 amide bonds. The van der Waals surface area contributed by atoms with Gasteiger partial charge in [-0.2, -0.15) is 63.6 Å². The molecule has 0 aliphatic carbocycles. The second kappa shape index (κ2) is 33.6. The highest BCUT2D eigenvalue weighted by atomic mass is 32.3. The van der Waals surface area contributed by atoms with E-state index < -0.39 is 217 Å².